The van der Waals surface area contributed by atoms with Crippen molar-refractivity contribution in [3.63, 3.8) is 0 Å². The van der Waals surface area contributed by atoms with Gasteiger partial charge in [0.05, 0.1) is 22.3 Å². The maximum Gasteiger partial charge on any atom is 0.270 e. The summed E-state index contributed by atoms with van der Waals surface area (Å²) >= 11 is 0. The highest BCUT2D eigenvalue weighted by Gasteiger charge is 2.05. The van der Waals surface area contributed by atoms with Gasteiger partial charge < -0.3 is 0 Å². The number of hydrogen-bond acceptors (Lipinski definition) is 8. The number of nitro benzene ring substituents is 2. The molecule has 10 heteroatoms. The average Bonchev–Trinajstić information content (AvgIpc) is 2.65. The molecule has 10 nitrogen and oxygen atoms in total. The smallest absolute Gasteiger partial charge is 0.270 e. The van der Waals surface area contributed by atoms with Crippen LogP contribution < -0.4 is 0 Å². The maximum atomic E-state index is 10.8. The Labute approximate surface area is 155 Å². The summed E-state index contributed by atoms with van der Waals surface area (Å²) < 4.78 is 0. The second kappa shape index (κ2) is 9.04. The van der Waals surface area contributed by atoms with Crippen LogP contribution in [0.15, 0.2) is 58.7 Å². The highest BCUT2D eigenvalue weighted by Crippen LogP contribution is 2.12. The summed E-state index contributed by atoms with van der Waals surface area (Å²) in [5.74, 6) is 0. The molecule has 0 radical (unpaired) electrons. The van der Waals surface area contributed by atoms with E-state index < -0.39 is 9.85 Å². The zero-order valence-electron chi connectivity index (χ0n) is 14.8. The molecule has 140 valence electrons. The van der Waals surface area contributed by atoms with E-state index in [4.69, 9.17) is 0 Å². The Morgan fingerprint density at radius 1 is 0.852 bits per heavy atom. The molecule has 0 heterocycles. The van der Waals surface area contributed by atoms with E-state index in [1.807, 2.05) is 0 Å². The van der Waals surface area contributed by atoms with E-state index in [0.717, 1.165) is 0 Å². The fourth-order valence-corrected chi connectivity index (χ4v) is 2.14. The molecule has 0 spiro atoms. The van der Waals surface area contributed by atoms with Gasteiger partial charge in [-0.25, -0.2) is 0 Å². The van der Waals surface area contributed by atoms with E-state index in [-0.39, 0.29) is 11.4 Å². The molecule has 0 N–H and O–H groups in total. The van der Waals surface area contributed by atoms with Crippen LogP contribution in [0.5, 0.6) is 0 Å². The summed E-state index contributed by atoms with van der Waals surface area (Å²) in [6.45, 7) is 0.344. The normalized spacial score (nSPS) is 11.0. The third kappa shape index (κ3) is 6.20. The molecule has 0 atom stereocenters. The van der Waals surface area contributed by atoms with Crippen molar-refractivity contribution in [1.29, 1.82) is 0 Å². The molecule has 2 aromatic rings. The van der Waals surface area contributed by atoms with Gasteiger partial charge in [-0.1, -0.05) is 24.3 Å². The number of nitrogens with zero attached hydrogens (tertiary/aromatic N) is 6. The van der Waals surface area contributed by atoms with Gasteiger partial charge in [-0.05, 0) is 0 Å². The first-order valence-electron chi connectivity index (χ1n) is 7.84. The Morgan fingerprint density at radius 3 is 1.63 bits per heavy atom. The molecule has 0 bridgehead atoms. The van der Waals surface area contributed by atoms with E-state index in [2.05, 4.69) is 10.2 Å². The van der Waals surface area contributed by atoms with E-state index >= 15 is 0 Å². The monoisotopic (exact) mass is 370 g/mol. The summed E-state index contributed by atoms with van der Waals surface area (Å²) in [6, 6.07) is 12.3. The summed E-state index contributed by atoms with van der Waals surface area (Å²) in [4.78, 5) is 20.6. The van der Waals surface area contributed by atoms with Crippen LogP contribution in [0.4, 0.5) is 11.4 Å². The van der Waals surface area contributed by atoms with Gasteiger partial charge in [0.2, 0.25) is 0 Å². The van der Waals surface area contributed by atoms with Crippen LogP contribution >= 0.6 is 0 Å². The van der Waals surface area contributed by atoms with Crippen LogP contribution in [0.25, 0.3) is 0 Å². The van der Waals surface area contributed by atoms with Crippen LogP contribution in [-0.4, -0.2) is 53.1 Å². The number of benzene rings is 2. The fourth-order valence-electron chi connectivity index (χ4n) is 2.14. The van der Waals surface area contributed by atoms with Crippen LogP contribution in [0.2, 0.25) is 0 Å². The zero-order chi connectivity index (χ0) is 19.8. The lowest BCUT2D eigenvalue weighted by atomic mass is 10.2. The highest BCUT2D eigenvalue weighted by molar-refractivity contribution is 5.81. The number of hydrogen-bond donors (Lipinski definition) is 0. The van der Waals surface area contributed by atoms with Crippen molar-refractivity contribution in [3.05, 3.63) is 79.9 Å². The van der Waals surface area contributed by atoms with Gasteiger partial charge in [-0.15, -0.1) is 0 Å². The van der Waals surface area contributed by atoms with Gasteiger partial charge in [-0.3, -0.25) is 30.2 Å². The summed E-state index contributed by atoms with van der Waals surface area (Å²) in [5, 5.41) is 33.2. The second-order valence-electron chi connectivity index (χ2n) is 5.65. The third-order valence-electron chi connectivity index (χ3n) is 3.38. The number of rotatable bonds is 8. The van der Waals surface area contributed by atoms with E-state index in [1.165, 1.54) is 36.7 Å². The molecule has 0 amide bonds. The Hall–Kier alpha value is -3.82. The molecular formula is C17H18N6O4. The third-order valence-corrected chi connectivity index (χ3v) is 3.38. The summed E-state index contributed by atoms with van der Waals surface area (Å²) in [5.41, 5.74) is 1.22. The summed E-state index contributed by atoms with van der Waals surface area (Å²) in [7, 11) is 3.46. The van der Waals surface area contributed by atoms with Gasteiger partial charge in [0.15, 0.2) is 0 Å². The van der Waals surface area contributed by atoms with Crippen molar-refractivity contribution in [2.24, 2.45) is 10.2 Å². The lowest BCUT2D eigenvalue weighted by molar-refractivity contribution is -0.385. The van der Waals surface area contributed by atoms with Crippen molar-refractivity contribution in [2.75, 3.05) is 20.8 Å². The molecule has 0 saturated heterocycles. The Balaban J connectivity index is 1.94. The van der Waals surface area contributed by atoms with E-state index in [0.29, 0.717) is 17.8 Å². The van der Waals surface area contributed by atoms with Gasteiger partial charge in [0.1, 0.15) is 6.67 Å². The van der Waals surface area contributed by atoms with Crippen LogP contribution in [0.1, 0.15) is 11.1 Å². The van der Waals surface area contributed by atoms with Gasteiger partial charge >= 0.3 is 0 Å². The predicted octanol–water partition coefficient (Wildman–Crippen LogP) is 2.69. The molecular weight excluding hydrogens is 352 g/mol. The molecule has 27 heavy (non-hydrogen) atoms. The van der Waals surface area contributed by atoms with Crippen LogP contribution in [0, 0.1) is 20.2 Å². The first-order chi connectivity index (χ1) is 12.8. The zero-order valence-corrected chi connectivity index (χ0v) is 14.8. The maximum absolute atomic E-state index is 10.8. The highest BCUT2D eigenvalue weighted by atomic mass is 16.6. The fraction of sp³-hybridized carbons (Fsp3) is 0.176. The molecule has 0 aliphatic heterocycles. The molecule has 0 aliphatic rings. The average molecular weight is 370 g/mol. The standard InChI is InChI=1S/C17H18N6O4/c1-20(18-11-14-5-3-7-16(9-14)22(24)25)13-21(2)19-12-15-6-4-8-17(10-15)23(26)27/h3-12H,13H2,1-2H3. The molecule has 0 aromatic heterocycles. The van der Waals surface area contributed by atoms with E-state index in [1.54, 1.807) is 48.4 Å². The van der Waals surface area contributed by atoms with Gasteiger partial charge in [-0.2, -0.15) is 10.2 Å². The predicted molar refractivity (Wildman–Crippen MR) is 102 cm³/mol. The summed E-state index contributed by atoms with van der Waals surface area (Å²) in [6.07, 6.45) is 3.04. The lowest BCUT2D eigenvalue weighted by Crippen LogP contribution is -2.26. The topological polar surface area (TPSA) is 117 Å². The quantitative estimate of drug-likeness (QED) is 0.305. The van der Waals surface area contributed by atoms with Gasteiger partial charge in [0.25, 0.3) is 11.4 Å². The minimum Gasteiger partial charge on any atom is -0.279 e. The largest absolute Gasteiger partial charge is 0.279 e. The first-order valence-corrected chi connectivity index (χ1v) is 7.84. The molecule has 2 rings (SSSR count). The minimum atomic E-state index is -0.461. The Bertz CT molecular complexity index is 812. The van der Waals surface area contributed by atoms with Crippen LogP contribution in [0.3, 0.4) is 0 Å². The van der Waals surface area contributed by atoms with Gasteiger partial charge in [0, 0.05) is 49.5 Å². The molecule has 0 unspecified atom stereocenters. The lowest BCUT2D eigenvalue weighted by Gasteiger charge is -2.19. The number of hydrazone groups is 2. The van der Waals surface area contributed by atoms with E-state index in [9.17, 15) is 20.2 Å². The van der Waals surface area contributed by atoms with Crippen molar-refractivity contribution >= 4 is 23.8 Å². The molecule has 0 saturated carbocycles. The minimum absolute atomic E-state index is 0.000255. The second-order valence-corrected chi connectivity index (χ2v) is 5.65. The van der Waals surface area contributed by atoms with Crippen molar-refractivity contribution in [3.8, 4) is 0 Å². The number of nitro groups is 2. The Morgan fingerprint density at radius 2 is 1.26 bits per heavy atom. The number of non-ortho nitro benzene ring substituents is 2. The van der Waals surface area contributed by atoms with Crippen molar-refractivity contribution in [1.82, 2.24) is 10.0 Å². The molecule has 2 aromatic carbocycles. The first kappa shape index (κ1) is 19.5. The van der Waals surface area contributed by atoms with Crippen LogP contribution in [-0.2, 0) is 0 Å². The van der Waals surface area contributed by atoms with Crippen molar-refractivity contribution < 1.29 is 9.85 Å². The van der Waals surface area contributed by atoms with Crippen molar-refractivity contribution in [2.45, 2.75) is 0 Å². The molecule has 0 aliphatic carbocycles. The SMILES string of the molecule is CN(CN(C)N=Cc1cccc([N+](=O)[O-])c1)N=Cc1cccc([N+](=O)[O-])c1. The molecule has 0 fully saturated rings. The Kier molecular flexibility index (Phi) is 6.53.